The Balaban J connectivity index is 0.000000686. The minimum Gasteiger partial charge on any atom is -0.268 e. The summed E-state index contributed by atoms with van der Waals surface area (Å²) < 4.78 is 1.46. The van der Waals surface area contributed by atoms with E-state index in [0.29, 0.717) is 6.54 Å². The molecule has 1 aromatic carbocycles. The van der Waals surface area contributed by atoms with E-state index >= 15 is 0 Å². The van der Waals surface area contributed by atoms with Gasteiger partial charge in [0.25, 0.3) is 5.56 Å². The molecule has 1 heterocycles. The highest BCUT2D eigenvalue weighted by atomic mass is 16.1. The van der Waals surface area contributed by atoms with Crippen molar-refractivity contribution in [3.8, 4) is 0 Å². The molecule has 3 heteroatoms. The molecule has 0 unspecified atom stereocenters. The van der Waals surface area contributed by atoms with Crippen molar-refractivity contribution in [3.05, 3.63) is 64.1 Å². The van der Waals surface area contributed by atoms with E-state index in [1.807, 2.05) is 51.1 Å². The number of rotatable bonds is 2. The lowest BCUT2D eigenvalue weighted by molar-refractivity contribution is 0.636. The summed E-state index contributed by atoms with van der Waals surface area (Å²) in [5.74, 6) is 0. The Labute approximate surface area is 102 Å². The third-order valence-corrected chi connectivity index (χ3v) is 2.18. The molecule has 90 valence electrons. The van der Waals surface area contributed by atoms with Gasteiger partial charge in [0.15, 0.2) is 0 Å². The molecule has 0 amide bonds. The van der Waals surface area contributed by atoms with E-state index in [2.05, 4.69) is 5.10 Å². The van der Waals surface area contributed by atoms with Gasteiger partial charge in [-0.1, -0.05) is 44.2 Å². The first-order valence-electron chi connectivity index (χ1n) is 5.83. The quantitative estimate of drug-likeness (QED) is 0.795. The smallest absolute Gasteiger partial charge is 0.267 e. The van der Waals surface area contributed by atoms with Gasteiger partial charge in [-0.05, 0) is 18.1 Å². The molecule has 0 aliphatic carbocycles. The highest BCUT2D eigenvalue weighted by Crippen LogP contribution is 1.99. The minimum absolute atomic E-state index is 0.0566. The van der Waals surface area contributed by atoms with Crippen LogP contribution in [-0.4, -0.2) is 9.78 Å². The van der Waals surface area contributed by atoms with E-state index in [-0.39, 0.29) is 5.56 Å². The van der Waals surface area contributed by atoms with Crippen LogP contribution in [0, 0.1) is 6.92 Å². The maximum atomic E-state index is 11.5. The monoisotopic (exact) mass is 230 g/mol. The molecule has 0 bridgehead atoms. The van der Waals surface area contributed by atoms with Gasteiger partial charge in [-0.15, -0.1) is 0 Å². The molecule has 1 aromatic heterocycles. The zero-order valence-corrected chi connectivity index (χ0v) is 10.6. The van der Waals surface area contributed by atoms with E-state index in [4.69, 9.17) is 0 Å². The molecule has 0 fully saturated rings. The maximum absolute atomic E-state index is 11.5. The number of aryl methyl sites for hydroxylation is 1. The largest absolute Gasteiger partial charge is 0.268 e. The average Bonchev–Trinajstić information content (AvgIpc) is 2.37. The summed E-state index contributed by atoms with van der Waals surface area (Å²) in [5, 5.41) is 4.08. The van der Waals surface area contributed by atoms with Crippen LogP contribution in [0.25, 0.3) is 0 Å². The van der Waals surface area contributed by atoms with Crippen molar-refractivity contribution in [3.63, 3.8) is 0 Å². The Morgan fingerprint density at radius 3 is 2.41 bits per heavy atom. The fraction of sp³-hybridized carbons (Fsp3) is 0.286. The number of aromatic nitrogens is 2. The Hall–Kier alpha value is -1.90. The third-order valence-electron chi connectivity index (χ3n) is 2.18. The van der Waals surface area contributed by atoms with Crippen LogP contribution >= 0.6 is 0 Å². The van der Waals surface area contributed by atoms with Gasteiger partial charge in [-0.2, -0.15) is 5.10 Å². The minimum atomic E-state index is -0.0566. The van der Waals surface area contributed by atoms with Crippen molar-refractivity contribution in [1.29, 1.82) is 0 Å². The first kappa shape index (κ1) is 13.2. The van der Waals surface area contributed by atoms with Crippen molar-refractivity contribution in [1.82, 2.24) is 9.78 Å². The Morgan fingerprint density at radius 2 is 1.82 bits per heavy atom. The summed E-state index contributed by atoms with van der Waals surface area (Å²) in [6, 6.07) is 11.4. The van der Waals surface area contributed by atoms with Gasteiger partial charge in [0.05, 0.1) is 12.7 Å². The van der Waals surface area contributed by atoms with Gasteiger partial charge in [0.1, 0.15) is 0 Å². The summed E-state index contributed by atoms with van der Waals surface area (Å²) in [7, 11) is 0. The molecule has 0 aliphatic heterocycles. The van der Waals surface area contributed by atoms with Crippen LogP contribution in [0.2, 0.25) is 0 Å². The number of hydrogen-bond acceptors (Lipinski definition) is 2. The highest BCUT2D eigenvalue weighted by molar-refractivity contribution is 5.15. The van der Waals surface area contributed by atoms with E-state index in [0.717, 1.165) is 11.1 Å². The van der Waals surface area contributed by atoms with Gasteiger partial charge in [-0.3, -0.25) is 4.79 Å². The van der Waals surface area contributed by atoms with E-state index in [1.165, 1.54) is 4.68 Å². The SMILES string of the molecule is CC.Cc1cnn(Cc2ccccc2)c(=O)c1. The summed E-state index contributed by atoms with van der Waals surface area (Å²) in [6.07, 6.45) is 1.70. The third kappa shape index (κ3) is 3.87. The molecule has 0 radical (unpaired) electrons. The van der Waals surface area contributed by atoms with Crippen LogP contribution < -0.4 is 5.56 Å². The number of hydrogen-bond donors (Lipinski definition) is 0. The van der Waals surface area contributed by atoms with Crippen molar-refractivity contribution in [2.45, 2.75) is 27.3 Å². The van der Waals surface area contributed by atoms with E-state index in [1.54, 1.807) is 12.3 Å². The summed E-state index contributed by atoms with van der Waals surface area (Å²) in [6.45, 7) is 6.39. The second-order valence-electron chi connectivity index (χ2n) is 3.51. The van der Waals surface area contributed by atoms with Crippen molar-refractivity contribution < 1.29 is 0 Å². The van der Waals surface area contributed by atoms with Crippen LogP contribution in [0.15, 0.2) is 47.4 Å². The number of nitrogens with zero attached hydrogens (tertiary/aromatic N) is 2. The Kier molecular flexibility index (Phi) is 5.14. The topological polar surface area (TPSA) is 34.9 Å². The molecule has 0 saturated heterocycles. The van der Waals surface area contributed by atoms with Gasteiger partial charge < -0.3 is 0 Å². The predicted molar refractivity (Wildman–Crippen MR) is 70.1 cm³/mol. The lowest BCUT2D eigenvalue weighted by atomic mass is 10.2. The van der Waals surface area contributed by atoms with Gasteiger partial charge >= 0.3 is 0 Å². The van der Waals surface area contributed by atoms with Crippen LogP contribution in [0.3, 0.4) is 0 Å². The Morgan fingerprint density at radius 1 is 1.18 bits per heavy atom. The van der Waals surface area contributed by atoms with Crippen LogP contribution in [0.4, 0.5) is 0 Å². The first-order chi connectivity index (χ1) is 8.25. The molecule has 0 N–H and O–H groups in total. The van der Waals surface area contributed by atoms with Crippen molar-refractivity contribution in [2.24, 2.45) is 0 Å². The van der Waals surface area contributed by atoms with E-state index < -0.39 is 0 Å². The fourth-order valence-corrected chi connectivity index (χ4v) is 1.40. The van der Waals surface area contributed by atoms with Crippen LogP contribution in [0.5, 0.6) is 0 Å². The molecule has 2 aromatic rings. The average molecular weight is 230 g/mol. The van der Waals surface area contributed by atoms with Crippen LogP contribution in [-0.2, 0) is 6.54 Å². The normalized spacial score (nSPS) is 9.35. The highest BCUT2D eigenvalue weighted by Gasteiger charge is 1.98. The zero-order valence-electron chi connectivity index (χ0n) is 10.6. The first-order valence-corrected chi connectivity index (χ1v) is 5.83. The molecule has 0 aliphatic rings. The molecule has 0 saturated carbocycles. The Bertz CT molecular complexity index is 503. The number of benzene rings is 1. The summed E-state index contributed by atoms with van der Waals surface area (Å²) in [4.78, 5) is 11.5. The van der Waals surface area contributed by atoms with Gasteiger partial charge in [0, 0.05) is 6.07 Å². The van der Waals surface area contributed by atoms with Crippen molar-refractivity contribution in [2.75, 3.05) is 0 Å². The summed E-state index contributed by atoms with van der Waals surface area (Å²) >= 11 is 0. The molecular weight excluding hydrogens is 212 g/mol. The second kappa shape index (κ2) is 6.63. The molecule has 3 nitrogen and oxygen atoms in total. The standard InChI is InChI=1S/C12H12N2O.C2H6/c1-10-7-12(15)14(13-8-10)9-11-5-3-2-4-6-11;1-2/h2-8H,9H2,1H3;1-2H3. The van der Waals surface area contributed by atoms with E-state index in [9.17, 15) is 4.79 Å². The molecule has 0 spiro atoms. The van der Waals surface area contributed by atoms with Crippen LogP contribution in [0.1, 0.15) is 25.0 Å². The maximum Gasteiger partial charge on any atom is 0.267 e. The molecule has 17 heavy (non-hydrogen) atoms. The lowest BCUT2D eigenvalue weighted by Gasteiger charge is -2.03. The second-order valence-corrected chi connectivity index (χ2v) is 3.51. The van der Waals surface area contributed by atoms with Crippen molar-refractivity contribution >= 4 is 0 Å². The van der Waals surface area contributed by atoms with Gasteiger partial charge in [0.2, 0.25) is 0 Å². The fourth-order valence-electron chi connectivity index (χ4n) is 1.40. The summed E-state index contributed by atoms with van der Waals surface area (Å²) in [5.41, 5.74) is 1.92. The lowest BCUT2D eigenvalue weighted by Crippen LogP contribution is -2.22. The molecule has 0 atom stereocenters. The van der Waals surface area contributed by atoms with Gasteiger partial charge in [-0.25, -0.2) is 4.68 Å². The zero-order chi connectivity index (χ0) is 12.7. The molecular formula is C14H18N2O. The molecule has 2 rings (SSSR count). The predicted octanol–water partition coefficient (Wildman–Crippen LogP) is 2.63.